The highest BCUT2D eigenvalue weighted by Crippen LogP contribution is 2.27. The normalized spacial score (nSPS) is 12.0. The summed E-state index contributed by atoms with van der Waals surface area (Å²) in [4.78, 5) is 28.0. The molecule has 0 aliphatic carbocycles. The van der Waals surface area contributed by atoms with Gasteiger partial charge < -0.3 is 10.2 Å². The van der Waals surface area contributed by atoms with Gasteiger partial charge in [-0.05, 0) is 55.3 Å². The smallest absolute Gasteiger partial charge is 0.264 e. The molecule has 1 atom stereocenters. The first-order chi connectivity index (χ1) is 17.6. The number of sulfonamides is 1. The molecule has 196 valence electrons. The predicted octanol–water partition coefficient (Wildman–Crippen LogP) is 5.13. The van der Waals surface area contributed by atoms with Gasteiger partial charge in [0.15, 0.2) is 0 Å². The van der Waals surface area contributed by atoms with Crippen molar-refractivity contribution in [3.05, 3.63) is 94.5 Å². The zero-order chi connectivity index (χ0) is 27.0. The summed E-state index contributed by atoms with van der Waals surface area (Å²) in [5.74, 6) is -0.916. The number of nitrogens with one attached hydrogen (secondary N) is 1. The number of rotatable bonds is 11. The Morgan fingerprint density at radius 3 is 2.27 bits per heavy atom. The molecule has 0 saturated heterocycles. The van der Waals surface area contributed by atoms with E-state index in [-0.39, 0.29) is 23.0 Å². The highest BCUT2D eigenvalue weighted by molar-refractivity contribution is 7.92. The predicted molar refractivity (Wildman–Crippen MR) is 147 cm³/mol. The van der Waals surface area contributed by atoms with Crippen LogP contribution in [0, 0.1) is 0 Å². The Morgan fingerprint density at radius 1 is 0.946 bits per heavy atom. The van der Waals surface area contributed by atoms with Crippen LogP contribution in [0.2, 0.25) is 10.0 Å². The first kappa shape index (κ1) is 28.5. The number of carbonyl (C=O) groups is 2. The van der Waals surface area contributed by atoms with Gasteiger partial charge in [-0.25, -0.2) is 8.42 Å². The summed E-state index contributed by atoms with van der Waals surface area (Å²) in [6, 6.07) is 20.2. The fraction of sp³-hybridized carbons (Fsp3) is 0.259. The second-order valence-corrected chi connectivity index (χ2v) is 11.1. The van der Waals surface area contributed by atoms with Gasteiger partial charge in [-0.1, -0.05) is 72.6 Å². The maximum Gasteiger partial charge on any atom is 0.264 e. The minimum Gasteiger partial charge on any atom is -0.354 e. The van der Waals surface area contributed by atoms with Crippen molar-refractivity contribution < 1.29 is 18.0 Å². The molecule has 2 amide bonds. The van der Waals surface area contributed by atoms with E-state index in [2.05, 4.69) is 5.32 Å². The summed E-state index contributed by atoms with van der Waals surface area (Å²) >= 11 is 12.5. The summed E-state index contributed by atoms with van der Waals surface area (Å²) in [5.41, 5.74) is 0.860. The van der Waals surface area contributed by atoms with Crippen molar-refractivity contribution in [1.29, 1.82) is 0 Å². The number of benzene rings is 3. The lowest BCUT2D eigenvalue weighted by Gasteiger charge is -2.32. The highest BCUT2D eigenvalue weighted by atomic mass is 35.5. The van der Waals surface area contributed by atoms with E-state index in [9.17, 15) is 18.0 Å². The fourth-order valence-electron chi connectivity index (χ4n) is 3.67. The van der Waals surface area contributed by atoms with Gasteiger partial charge in [-0.2, -0.15) is 0 Å². The zero-order valence-electron chi connectivity index (χ0n) is 20.6. The molecule has 0 heterocycles. The SMILES string of the molecule is CCCNC(=O)[C@@H](C)N(Cc1ccccc1Cl)C(=O)CN(c1cccc(Cl)c1)S(=O)(=O)c1ccccc1. The summed E-state index contributed by atoms with van der Waals surface area (Å²) < 4.78 is 28.3. The van der Waals surface area contributed by atoms with Crippen LogP contribution < -0.4 is 9.62 Å². The Hall–Kier alpha value is -3.07. The molecular formula is C27H29Cl2N3O4S. The van der Waals surface area contributed by atoms with E-state index >= 15 is 0 Å². The molecule has 3 aromatic carbocycles. The van der Waals surface area contributed by atoms with Gasteiger partial charge in [0, 0.05) is 23.1 Å². The van der Waals surface area contributed by atoms with Gasteiger partial charge in [0.1, 0.15) is 12.6 Å². The van der Waals surface area contributed by atoms with Gasteiger partial charge in [-0.15, -0.1) is 0 Å². The van der Waals surface area contributed by atoms with Crippen molar-refractivity contribution >= 4 is 50.7 Å². The van der Waals surface area contributed by atoms with Crippen LogP contribution >= 0.6 is 23.2 Å². The third-order valence-electron chi connectivity index (χ3n) is 5.72. The third-order valence-corrected chi connectivity index (χ3v) is 8.11. The summed E-state index contributed by atoms with van der Waals surface area (Å²) in [5, 5.41) is 3.55. The van der Waals surface area contributed by atoms with E-state index in [1.807, 2.05) is 6.92 Å². The lowest BCUT2D eigenvalue weighted by Crippen LogP contribution is -2.51. The number of nitrogens with zero attached hydrogens (tertiary/aromatic N) is 2. The first-order valence-corrected chi connectivity index (χ1v) is 14.0. The van der Waals surface area contributed by atoms with Crippen molar-refractivity contribution in [3.63, 3.8) is 0 Å². The molecule has 0 fully saturated rings. The van der Waals surface area contributed by atoms with E-state index in [4.69, 9.17) is 23.2 Å². The average Bonchev–Trinajstić information content (AvgIpc) is 2.89. The zero-order valence-corrected chi connectivity index (χ0v) is 22.9. The van der Waals surface area contributed by atoms with Crippen molar-refractivity contribution in [2.24, 2.45) is 0 Å². The third kappa shape index (κ3) is 7.25. The largest absolute Gasteiger partial charge is 0.354 e. The Bertz CT molecular complexity index is 1340. The van der Waals surface area contributed by atoms with Crippen LogP contribution in [0.3, 0.4) is 0 Å². The number of hydrogen-bond acceptors (Lipinski definition) is 4. The number of halogens is 2. The second-order valence-electron chi connectivity index (χ2n) is 8.38. The van der Waals surface area contributed by atoms with Gasteiger partial charge >= 0.3 is 0 Å². The standard InChI is InChI=1S/C27H29Cl2N3O4S/c1-3-16-30-27(34)20(2)31(18-21-10-7-8-15-25(21)29)26(33)19-32(23-12-9-11-22(28)17-23)37(35,36)24-13-5-4-6-14-24/h4-15,17,20H,3,16,18-19H2,1-2H3,(H,30,34)/t20-/m1/s1. The molecule has 3 aromatic rings. The molecule has 0 aliphatic rings. The average molecular weight is 563 g/mol. The molecule has 7 nitrogen and oxygen atoms in total. The maximum atomic E-state index is 13.8. The van der Waals surface area contributed by atoms with Crippen molar-refractivity contribution in [1.82, 2.24) is 10.2 Å². The first-order valence-electron chi connectivity index (χ1n) is 11.8. The van der Waals surface area contributed by atoms with E-state index < -0.39 is 28.5 Å². The molecule has 0 bridgehead atoms. The number of amides is 2. The number of hydrogen-bond donors (Lipinski definition) is 1. The minimum atomic E-state index is -4.14. The summed E-state index contributed by atoms with van der Waals surface area (Å²) in [6.07, 6.45) is 0.731. The highest BCUT2D eigenvalue weighted by Gasteiger charge is 2.32. The van der Waals surface area contributed by atoms with Crippen LogP contribution in [0.1, 0.15) is 25.8 Å². The van der Waals surface area contributed by atoms with E-state index in [0.717, 1.165) is 10.7 Å². The fourth-order valence-corrected chi connectivity index (χ4v) is 5.48. The van der Waals surface area contributed by atoms with Crippen molar-refractivity contribution in [2.75, 3.05) is 17.4 Å². The molecule has 0 saturated carbocycles. The quantitative estimate of drug-likeness (QED) is 0.351. The maximum absolute atomic E-state index is 13.8. The molecule has 37 heavy (non-hydrogen) atoms. The van der Waals surface area contributed by atoms with Crippen LogP contribution in [0.5, 0.6) is 0 Å². The Morgan fingerprint density at radius 2 is 1.62 bits per heavy atom. The summed E-state index contributed by atoms with van der Waals surface area (Å²) in [6.45, 7) is 3.46. The van der Waals surface area contributed by atoms with E-state index in [1.165, 1.54) is 23.1 Å². The van der Waals surface area contributed by atoms with Gasteiger partial charge in [0.25, 0.3) is 10.0 Å². The molecule has 0 radical (unpaired) electrons. The molecule has 10 heteroatoms. The summed E-state index contributed by atoms with van der Waals surface area (Å²) in [7, 11) is -4.14. The molecule has 0 aromatic heterocycles. The minimum absolute atomic E-state index is 0.0218. The molecule has 3 rings (SSSR count). The Labute approximate surface area is 228 Å². The topological polar surface area (TPSA) is 86.8 Å². The molecule has 0 aliphatic heterocycles. The van der Waals surface area contributed by atoms with Crippen molar-refractivity contribution in [2.45, 2.75) is 37.8 Å². The Kier molecular flexibility index (Phi) is 9.97. The van der Waals surface area contributed by atoms with Crippen LogP contribution in [0.4, 0.5) is 5.69 Å². The van der Waals surface area contributed by atoms with Gasteiger partial charge in [0.2, 0.25) is 11.8 Å². The van der Waals surface area contributed by atoms with E-state index in [0.29, 0.717) is 22.2 Å². The number of anilines is 1. The van der Waals surface area contributed by atoms with Crippen LogP contribution in [-0.4, -0.2) is 44.3 Å². The molecular weight excluding hydrogens is 533 g/mol. The van der Waals surface area contributed by atoms with Crippen LogP contribution in [0.25, 0.3) is 0 Å². The lowest BCUT2D eigenvalue weighted by atomic mass is 10.1. The van der Waals surface area contributed by atoms with Crippen LogP contribution in [-0.2, 0) is 26.2 Å². The van der Waals surface area contributed by atoms with Gasteiger partial charge in [0.05, 0.1) is 10.6 Å². The van der Waals surface area contributed by atoms with Crippen molar-refractivity contribution in [3.8, 4) is 0 Å². The number of carbonyl (C=O) groups excluding carboxylic acids is 2. The molecule has 1 N–H and O–H groups in total. The Balaban J connectivity index is 2.02. The van der Waals surface area contributed by atoms with Crippen LogP contribution in [0.15, 0.2) is 83.8 Å². The second kappa shape index (κ2) is 12.9. The molecule has 0 unspecified atom stereocenters. The monoisotopic (exact) mass is 561 g/mol. The van der Waals surface area contributed by atoms with Gasteiger partial charge in [-0.3, -0.25) is 13.9 Å². The molecule has 0 spiro atoms. The van der Waals surface area contributed by atoms with E-state index in [1.54, 1.807) is 67.6 Å². The lowest BCUT2D eigenvalue weighted by molar-refractivity contribution is -0.139.